The van der Waals surface area contributed by atoms with Crippen LogP contribution < -0.4 is 5.32 Å². The Morgan fingerprint density at radius 2 is 2.11 bits per heavy atom. The van der Waals surface area contributed by atoms with E-state index in [0.717, 1.165) is 18.6 Å². The Labute approximate surface area is 109 Å². The fraction of sp³-hybridized carbons (Fsp3) is 0.533. The zero-order chi connectivity index (χ0) is 12.8. The molecule has 0 radical (unpaired) electrons. The van der Waals surface area contributed by atoms with E-state index >= 15 is 0 Å². The molecule has 1 atom stereocenters. The predicted molar refractivity (Wildman–Crippen MR) is 76.8 cm³/mol. The fourth-order valence-electron chi connectivity index (χ4n) is 2.29. The lowest BCUT2D eigenvalue weighted by molar-refractivity contribution is 0.485. The van der Waals surface area contributed by atoms with Gasteiger partial charge in [0, 0.05) is 6.04 Å². The van der Waals surface area contributed by atoms with E-state index in [1.165, 1.54) is 24.8 Å². The Morgan fingerprint density at radius 3 is 2.94 bits per heavy atom. The summed E-state index contributed by atoms with van der Waals surface area (Å²) in [4.78, 5) is 4.44. The van der Waals surface area contributed by atoms with Crippen molar-refractivity contribution in [3.63, 3.8) is 0 Å². The van der Waals surface area contributed by atoms with Gasteiger partial charge in [-0.1, -0.05) is 19.1 Å². The van der Waals surface area contributed by atoms with Gasteiger partial charge in [-0.3, -0.25) is 0 Å². The van der Waals surface area contributed by atoms with Crippen molar-refractivity contribution < 1.29 is 0 Å². The molecule has 1 heterocycles. The fourth-order valence-corrected chi connectivity index (χ4v) is 2.29. The van der Waals surface area contributed by atoms with E-state index in [0.29, 0.717) is 6.04 Å². The van der Waals surface area contributed by atoms with Crippen molar-refractivity contribution in [2.45, 2.75) is 39.2 Å². The first-order chi connectivity index (χ1) is 8.83. The molecule has 1 N–H and O–H groups in total. The largest absolute Gasteiger partial charge is 0.328 e. The Hall–Kier alpha value is -1.35. The summed E-state index contributed by atoms with van der Waals surface area (Å²) in [5.74, 6) is 0. The van der Waals surface area contributed by atoms with Gasteiger partial charge in [-0.05, 0) is 51.4 Å². The molecule has 0 aliphatic heterocycles. The topological polar surface area (TPSA) is 29.9 Å². The number of imidazole rings is 1. The number of fused-ring (bicyclic) bond motifs is 1. The van der Waals surface area contributed by atoms with E-state index in [4.69, 9.17) is 0 Å². The SMILES string of the molecule is CCCNCCCC(C)n1cnc2ccccc21. The molecule has 0 aliphatic rings. The Morgan fingerprint density at radius 1 is 1.28 bits per heavy atom. The van der Waals surface area contributed by atoms with Crippen LogP contribution in [-0.2, 0) is 0 Å². The third kappa shape index (κ3) is 3.10. The van der Waals surface area contributed by atoms with Crippen LogP contribution in [0.15, 0.2) is 30.6 Å². The van der Waals surface area contributed by atoms with Crippen molar-refractivity contribution in [2.24, 2.45) is 0 Å². The van der Waals surface area contributed by atoms with Gasteiger partial charge >= 0.3 is 0 Å². The van der Waals surface area contributed by atoms with Crippen LogP contribution >= 0.6 is 0 Å². The summed E-state index contributed by atoms with van der Waals surface area (Å²) >= 11 is 0. The number of nitrogens with zero attached hydrogens (tertiary/aromatic N) is 2. The molecule has 1 aromatic carbocycles. The molecule has 0 saturated carbocycles. The smallest absolute Gasteiger partial charge is 0.0960 e. The van der Waals surface area contributed by atoms with Gasteiger partial charge in [0.1, 0.15) is 0 Å². The maximum Gasteiger partial charge on any atom is 0.0960 e. The maximum absolute atomic E-state index is 4.44. The Balaban J connectivity index is 1.90. The van der Waals surface area contributed by atoms with Gasteiger partial charge in [-0.25, -0.2) is 4.98 Å². The monoisotopic (exact) mass is 245 g/mol. The molecule has 0 fully saturated rings. The van der Waals surface area contributed by atoms with Crippen LogP contribution in [0, 0.1) is 0 Å². The van der Waals surface area contributed by atoms with Crippen LogP contribution in [0.1, 0.15) is 39.2 Å². The quantitative estimate of drug-likeness (QED) is 0.758. The standard InChI is InChI=1S/C15H23N3/c1-3-10-16-11-6-7-13(2)18-12-17-14-8-4-5-9-15(14)18/h4-5,8-9,12-13,16H,3,6-7,10-11H2,1-2H3. The van der Waals surface area contributed by atoms with Gasteiger partial charge in [0.25, 0.3) is 0 Å². The number of hydrogen-bond donors (Lipinski definition) is 1. The summed E-state index contributed by atoms with van der Waals surface area (Å²) in [7, 11) is 0. The van der Waals surface area contributed by atoms with E-state index in [1.54, 1.807) is 0 Å². The maximum atomic E-state index is 4.44. The van der Waals surface area contributed by atoms with Crippen molar-refractivity contribution in [1.29, 1.82) is 0 Å². The third-order valence-electron chi connectivity index (χ3n) is 3.36. The Kier molecular flexibility index (Phi) is 4.76. The van der Waals surface area contributed by atoms with Crippen LogP contribution in [0.5, 0.6) is 0 Å². The van der Waals surface area contributed by atoms with Crippen LogP contribution in [0.4, 0.5) is 0 Å². The molecular weight excluding hydrogens is 222 g/mol. The van der Waals surface area contributed by atoms with Gasteiger partial charge in [0.2, 0.25) is 0 Å². The minimum absolute atomic E-state index is 0.515. The zero-order valence-electron chi connectivity index (χ0n) is 11.4. The van der Waals surface area contributed by atoms with E-state index in [1.807, 2.05) is 12.4 Å². The van der Waals surface area contributed by atoms with E-state index < -0.39 is 0 Å². The number of nitrogens with one attached hydrogen (secondary N) is 1. The first-order valence-corrected chi connectivity index (χ1v) is 6.95. The molecular formula is C15H23N3. The number of benzene rings is 1. The average molecular weight is 245 g/mol. The molecule has 98 valence electrons. The van der Waals surface area contributed by atoms with Crippen molar-refractivity contribution in [3.8, 4) is 0 Å². The van der Waals surface area contributed by atoms with Gasteiger partial charge in [0.15, 0.2) is 0 Å². The lowest BCUT2D eigenvalue weighted by Crippen LogP contribution is -2.17. The molecule has 0 aliphatic carbocycles. The molecule has 0 saturated heterocycles. The highest BCUT2D eigenvalue weighted by Gasteiger charge is 2.08. The van der Waals surface area contributed by atoms with E-state index in [9.17, 15) is 0 Å². The second-order valence-electron chi connectivity index (χ2n) is 4.88. The molecule has 2 aromatic rings. The van der Waals surface area contributed by atoms with Crippen molar-refractivity contribution >= 4 is 11.0 Å². The first kappa shape index (κ1) is 13.1. The first-order valence-electron chi connectivity index (χ1n) is 6.95. The second-order valence-corrected chi connectivity index (χ2v) is 4.88. The summed E-state index contributed by atoms with van der Waals surface area (Å²) in [6.07, 6.45) is 5.58. The van der Waals surface area contributed by atoms with Crippen LogP contribution in [0.25, 0.3) is 11.0 Å². The summed E-state index contributed by atoms with van der Waals surface area (Å²) in [6, 6.07) is 8.85. The summed E-state index contributed by atoms with van der Waals surface area (Å²) in [6.45, 7) is 6.72. The zero-order valence-corrected chi connectivity index (χ0v) is 11.4. The average Bonchev–Trinajstić information content (AvgIpc) is 2.82. The van der Waals surface area contributed by atoms with Crippen LogP contribution in [0.3, 0.4) is 0 Å². The lowest BCUT2D eigenvalue weighted by Gasteiger charge is -2.14. The minimum atomic E-state index is 0.515. The number of para-hydroxylation sites is 2. The molecule has 0 bridgehead atoms. The highest BCUT2D eigenvalue weighted by atomic mass is 15.1. The molecule has 1 unspecified atom stereocenters. The van der Waals surface area contributed by atoms with Gasteiger partial charge in [-0.15, -0.1) is 0 Å². The van der Waals surface area contributed by atoms with Gasteiger partial charge < -0.3 is 9.88 Å². The molecule has 3 heteroatoms. The number of hydrogen-bond acceptors (Lipinski definition) is 2. The van der Waals surface area contributed by atoms with E-state index in [2.05, 4.69) is 46.9 Å². The molecule has 1 aromatic heterocycles. The predicted octanol–water partition coefficient (Wildman–Crippen LogP) is 3.38. The van der Waals surface area contributed by atoms with E-state index in [-0.39, 0.29) is 0 Å². The molecule has 0 amide bonds. The van der Waals surface area contributed by atoms with Crippen molar-refractivity contribution in [3.05, 3.63) is 30.6 Å². The lowest BCUT2D eigenvalue weighted by atomic mass is 10.1. The molecule has 2 rings (SSSR count). The van der Waals surface area contributed by atoms with Crippen LogP contribution in [0.2, 0.25) is 0 Å². The van der Waals surface area contributed by atoms with Crippen molar-refractivity contribution in [2.75, 3.05) is 13.1 Å². The normalized spacial score (nSPS) is 13.0. The molecule has 3 nitrogen and oxygen atoms in total. The summed E-state index contributed by atoms with van der Waals surface area (Å²) < 4.78 is 2.29. The highest BCUT2D eigenvalue weighted by molar-refractivity contribution is 5.75. The summed E-state index contributed by atoms with van der Waals surface area (Å²) in [5, 5.41) is 3.45. The number of rotatable bonds is 7. The molecule has 18 heavy (non-hydrogen) atoms. The summed E-state index contributed by atoms with van der Waals surface area (Å²) in [5.41, 5.74) is 2.33. The minimum Gasteiger partial charge on any atom is -0.328 e. The highest BCUT2D eigenvalue weighted by Crippen LogP contribution is 2.20. The van der Waals surface area contributed by atoms with Crippen LogP contribution in [-0.4, -0.2) is 22.6 Å². The van der Waals surface area contributed by atoms with Crippen molar-refractivity contribution in [1.82, 2.24) is 14.9 Å². The number of aromatic nitrogens is 2. The molecule has 0 spiro atoms. The van der Waals surface area contributed by atoms with Gasteiger partial charge in [-0.2, -0.15) is 0 Å². The third-order valence-corrected chi connectivity index (χ3v) is 3.36. The Bertz CT molecular complexity index is 475. The van der Waals surface area contributed by atoms with Gasteiger partial charge in [0.05, 0.1) is 17.4 Å². The second kappa shape index (κ2) is 6.55.